The van der Waals surface area contributed by atoms with E-state index in [0.29, 0.717) is 12.4 Å². The molecule has 1 aromatic heterocycles. The van der Waals surface area contributed by atoms with E-state index in [2.05, 4.69) is 37.6 Å². The van der Waals surface area contributed by atoms with Crippen LogP contribution < -0.4 is 0 Å². The van der Waals surface area contributed by atoms with Crippen molar-refractivity contribution in [2.24, 2.45) is 0 Å². The molecule has 0 bridgehead atoms. The Hall–Kier alpha value is -1.84. The van der Waals surface area contributed by atoms with Gasteiger partial charge < -0.3 is 9.80 Å². The van der Waals surface area contributed by atoms with Gasteiger partial charge in [-0.25, -0.2) is 0 Å². The van der Waals surface area contributed by atoms with Crippen LogP contribution in [0.3, 0.4) is 0 Å². The molecular weight excluding hydrogens is 238 g/mol. The molecule has 0 aromatic carbocycles. The molecule has 1 amide bonds. The Morgan fingerprint density at radius 2 is 2.00 bits per heavy atom. The fraction of sp³-hybridized carbons (Fsp3) is 0.467. The normalized spacial score (nSPS) is 17.8. The van der Waals surface area contributed by atoms with Crippen LogP contribution in [0.2, 0.25) is 0 Å². The van der Waals surface area contributed by atoms with Crippen LogP contribution in [-0.4, -0.2) is 39.9 Å². The molecule has 2 rings (SSSR count). The molecule has 0 aliphatic carbocycles. The van der Waals surface area contributed by atoms with Crippen LogP contribution in [0.4, 0.5) is 0 Å². The molecule has 0 saturated carbocycles. The molecule has 1 fully saturated rings. The van der Waals surface area contributed by atoms with E-state index >= 15 is 0 Å². The number of hydrogen-bond donors (Lipinski definition) is 0. The standard InChI is InChI=1S/C15H21N3O/c1-11(2)13-15(3,4)18(10-17(13)5)14(19)12-8-6-7-9-16-12/h6-9H,10H2,1-5H3. The first-order chi connectivity index (χ1) is 8.85. The summed E-state index contributed by atoms with van der Waals surface area (Å²) < 4.78 is 0. The van der Waals surface area contributed by atoms with E-state index in [0.717, 1.165) is 0 Å². The molecule has 1 saturated heterocycles. The summed E-state index contributed by atoms with van der Waals surface area (Å²) >= 11 is 0. The van der Waals surface area contributed by atoms with Crippen LogP contribution in [0.1, 0.15) is 38.2 Å². The fourth-order valence-electron chi connectivity index (χ4n) is 2.99. The van der Waals surface area contributed by atoms with Crippen molar-refractivity contribution < 1.29 is 4.79 Å². The SMILES string of the molecule is CC(C)=C1N(C)CN(C(=O)c2ccccn2)C1(C)C. The first kappa shape index (κ1) is 13.6. The Balaban J connectivity index is 2.38. The summed E-state index contributed by atoms with van der Waals surface area (Å²) in [6.45, 7) is 8.94. The lowest BCUT2D eigenvalue weighted by Gasteiger charge is -2.31. The molecule has 4 heteroatoms. The average Bonchev–Trinajstić information content (AvgIpc) is 2.59. The molecular formula is C15H21N3O. The lowest BCUT2D eigenvalue weighted by Crippen LogP contribution is -2.44. The van der Waals surface area contributed by atoms with E-state index in [1.54, 1.807) is 12.3 Å². The summed E-state index contributed by atoms with van der Waals surface area (Å²) in [7, 11) is 2.02. The van der Waals surface area contributed by atoms with Crippen LogP contribution in [0.25, 0.3) is 0 Å². The van der Waals surface area contributed by atoms with Gasteiger partial charge in [0.25, 0.3) is 5.91 Å². The van der Waals surface area contributed by atoms with Crippen LogP contribution in [0.15, 0.2) is 35.7 Å². The zero-order chi connectivity index (χ0) is 14.2. The van der Waals surface area contributed by atoms with Crippen molar-refractivity contribution in [2.75, 3.05) is 13.7 Å². The summed E-state index contributed by atoms with van der Waals surface area (Å²) in [4.78, 5) is 20.8. The summed E-state index contributed by atoms with van der Waals surface area (Å²) in [5.41, 5.74) is 2.64. The van der Waals surface area contributed by atoms with Crippen molar-refractivity contribution in [3.8, 4) is 0 Å². The number of hydrogen-bond acceptors (Lipinski definition) is 3. The Bertz CT molecular complexity index is 515. The lowest BCUT2D eigenvalue weighted by molar-refractivity contribution is 0.0650. The third kappa shape index (κ3) is 2.23. The van der Waals surface area contributed by atoms with Crippen molar-refractivity contribution >= 4 is 5.91 Å². The number of carbonyl (C=O) groups is 1. The second-order valence-corrected chi connectivity index (χ2v) is 5.70. The molecule has 1 aliphatic heterocycles. The third-order valence-corrected chi connectivity index (χ3v) is 3.59. The molecule has 102 valence electrons. The average molecular weight is 259 g/mol. The van der Waals surface area contributed by atoms with Gasteiger partial charge in [-0.2, -0.15) is 0 Å². The number of carbonyl (C=O) groups excluding carboxylic acids is 1. The Morgan fingerprint density at radius 3 is 2.47 bits per heavy atom. The summed E-state index contributed by atoms with van der Waals surface area (Å²) in [6.07, 6.45) is 1.65. The van der Waals surface area contributed by atoms with Crippen molar-refractivity contribution in [1.82, 2.24) is 14.8 Å². The molecule has 0 atom stereocenters. The monoisotopic (exact) mass is 259 g/mol. The van der Waals surface area contributed by atoms with Gasteiger partial charge in [0.1, 0.15) is 5.69 Å². The smallest absolute Gasteiger partial charge is 0.274 e. The largest absolute Gasteiger partial charge is 0.358 e. The molecule has 1 aromatic rings. The van der Waals surface area contributed by atoms with Gasteiger partial charge >= 0.3 is 0 Å². The highest BCUT2D eigenvalue weighted by Gasteiger charge is 2.43. The molecule has 1 aliphatic rings. The van der Waals surface area contributed by atoms with Gasteiger partial charge in [0.05, 0.1) is 12.2 Å². The van der Waals surface area contributed by atoms with Gasteiger partial charge in [-0.15, -0.1) is 0 Å². The van der Waals surface area contributed by atoms with E-state index in [4.69, 9.17) is 0 Å². The van der Waals surface area contributed by atoms with Gasteiger partial charge in [0, 0.05) is 18.9 Å². The van der Waals surface area contributed by atoms with Crippen LogP contribution in [0.5, 0.6) is 0 Å². The summed E-state index contributed by atoms with van der Waals surface area (Å²) in [5.74, 6) is -0.0197. The zero-order valence-electron chi connectivity index (χ0n) is 12.3. The van der Waals surface area contributed by atoms with Gasteiger partial charge in [0.2, 0.25) is 0 Å². The number of nitrogens with zero attached hydrogens (tertiary/aromatic N) is 3. The predicted molar refractivity (Wildman–Crippen MR) is 75.5 cm³/mol. The molecule has 4 nitrogen and oxygen atoms in total. The highest BCUT2D eigenvalue weighted by Crippen LogP contribution is 2.35. The van der Waals surface area contributed by atoms with Crippen molar-refractivity contribution in [3.63, 3.8) is 0 Å². The third-order valence-electron chi connectivity index (χ3n) is 3.59. The van der Waals surface area contributed by atoms with Crippen LogP contribution >= 0.6 is 0 Å². The molecule has 2 heterocycles. The molecule has 0 N–H and O–H groups in total. The first-order valence-corrected chi connectivity index (χ1v) is 6.48. The van der Waals surface area contributed by atoms with Gasteiger partial charge in [-0.05, 0) is 39.8 Å². The minimum absolute atomic E-state index is 0.0197. The molecule has 0 unspecified atom stereocenters. The number of aromatic nitrogens is 1. The minimum atomic E-state index is -0.303. The van der Waals surface area contributed by atoms with Gasteiger partial charge in [-0.3, -0.25) is 9.78 Å². The van der Waals surface area contributed by atoms with E-state index in [1.807, 2.05) is 24.1 Å². The van der Waals surface area contributed by atoms with Crippen LogP contribution in [-0.2, 0) is 0 Å². The summed E-state index contributed by atoms with van der Waals surface area (Å²) in [6, 6.07) is 5.42. The maximum Gasteiger partial charge on any atom is 0.274 e. The van der Waals surface area contributed by atoms with Crippen LogP contribution in [0, 0.1) is 0 Å². The number of likely N-dealkylation sites (N-methyl/N-ethyl adjacent to an activating group) is 1. The van der Waals surface area contributed by atoms with Crippen molar-refractivity contribution in [1.29, 1.82) is 0 Å². The Morgan fingerprint density at radius 1 is 1.32 bits per heavy atom. The van der Waals surface area contributed by atoms with E-state index in [-0.39, 0.29) is 11.4 Å². The molecule has 19 heavy (non-hydrogen) atoms. The lowest BCUT2D eigenvalue weighted by atomic mass is 9.96. The quantitative estimate of drug-likeness (QED) is 0.777. The predicted octanol–water partition coefficient (Wildman–Crippen LogP) is 2.50. The molecule has 0 radical (unpaired) electrons. The first-order valence-electron chi connectivity index (χ1n) is 6.48. The zero-order valence-corrected chi connectivity index (χ0v) is 12.3. The number of pyridine rings is 1. The topological polar surface area (TPSA) is 36.4 Å². The maximum absolute atomic E-state index is 12.6. The van der Waals surface area contributed by atoms with Crippen molar-refractivity contribution in [2.45, 2.75) is 33.2 Å². The van der Waals surface area contributed by atoms with E-state index in [9.17, 15) is 4.79 Å². The summed E-state index contributed by atoms with van der Waals surface area (Å²) in [5, 5.41) is 0. The highest BCUT2D eigenvalue weighted by atomic mass is 16.2. The Labute approximate surface area is 114 Å². The fourth-order valence-corrected chi connectivity index (χ4v) is 2.99. The van der Waals surface area contributed by atoms with Gasteiger partial charge in [0.15, 0.2) is 0 Å². The second kappa shape index (κ2) is 4.68. The number of amides is 1. The second-order valence-electron chi connectivity index (χ2n) is 5.70. The minimum Gasteiger partial charge on any atom is -0.358 e. The maximum atomic E-state index is 12.6. The number of allylic oxidation sites excluding steroid dienone is 1. The Kier molecular flexibility index (Phi) is 3.35. The van der Waals surface area contributed by atoms with Crippen molar-refractivity contribution in [3.05, 3.63) is 41.4 Å². The van der Waals surface area contributed by atoms with E-state index < -0.39 is 0 Å². The van der Waals surface area contributed by atoms with Gasteiger partial charge in [-0.1, -0.05) is 11.6 Å². The highest BCUT2D eigenvalue weighted by molar-refractivity contribution is 5.93. The number of rotatable bonds is 1. The van der Waals surface area contributed by atoms with E-state index in [1.165, 1.54) is 11.3 Å². The molecule has 0 spiro atoms.